The summed E-state index contributed by atoms with van der Waals surface area (Å²) in [5, 5.41) is 0. The van der Waals surface area contributed by atoms with Crippen molar-refractivity contribution in [2.45, 2.75) is 26.3 Å². The molecule has 0 bridgehead atoms. The van der Waals surface area contributed by atoms with Gasteiger partial charge in [-0.05, 0) is 18.6 Å². The van der Waals surface area contributed by atoms with Crippen LogP contribution in [0.5, 0.6) is 0 Å². The van der Waals surface area contributed by atoms with E-state index in [1.54, 1.807) is 0 Å². The van der Waals surface area contributed by atoms with Crippen LogP contribution in [0.25, 0.3) is 0 Å². The number of hydrogen-bond donors (Lipinski definition) is 0. The zero-order valence-electron chi connectivity index (χ0n) is 12.8. The fourth-order valence-electron chi connectivity index (χ4n) is 2.38. The predicted molar refractivity (Wildman–Crippen MR) is 81.8 cm³/mol. The summed E-state index contributed by atoms with van der Waals surface area (Å²) in [5.41, 5.74) is 1.10. The highest BCUT2D eigenvalue weighted by Crippen LogP contribution is 2.06. The van der Waals surface area contributed by atoms with Crippen molar-refractivity contribution in [2.24, 2.45) is 0 Å². The van der Waals surface area contributed by atoms with E-state index in [0.717, 1.165) is 51.3 Å². The van der Waals surface area contributed by atoms with E-state index in [-0.39, 0.29) is 5.97 Å². The van der Waals surface area contributed by atoms with Crippen LogP contribution in [0.4, 0.5) is 0 Å². The fraction of sp³-hybridized carbons (Fsp3) is 0.625. The molecule has 5 heteroatoms. The fourth-order valence-corrected chi connectivity index (χ4v) is 2.38. The van der Waals surface area contributed by atoms with Crippen molar-refractivity contribution in [3.05, 3.63) is 30.1 Å². The summed E-state index contributed by atoms with van der Waals surface area (Å²) in [6.07, 6.45) is 3.83. The number of nitrogens with zero attached hydrogens (tertiary/aromatic N) is 3. The van der Waals surface area contributed by atoms with Crippen molar-refractivity contribution in [2.75, 3.05) is 39.3 Å². The van der Waals surface area contributed by atoms with Gasteiger partial charge in [0.05, 0.1) is 18.8 Å². The van der Waals surface area contributed by atoms with Gasteiger partial charge in [-0.25, -0.2) is 0 Å². The van der Waals surface area contributed by atoms with Gasteiger partial charge in [0.1, 0.15) is 0 Å². The Morgan fingerprint density at radius 1 is 1.24 bits per heavy atom. The van der Waals surface area contributed by atoms with Gasteiger partial charge >= 0.3 is 5.97 Å². The molecule has 2 rings (SSSR count). The average Bonchev–Trinajstić information content (AvgIpc) is 2.51. The second-order valence-corrected chi connectivity index (χ2v) is 5.45. The Labute approximate surface area is 126 Å². The lowest BCUT2D eigenvalue weighted by Gasteiger charge is -2.33. The highest BCUT2D eigenvalue weighted by atomic mass is 16.5. The summed E-state index contributed by atoms with van der Waals surface area (Å²) in [7, 11) is 0. The van der Waals surface area contributed by atoms with Crippen LogP contribution < -0.4 is 0 Å². The Bertz CT molecular complexity index is 417. The number of esters is 1. The molecule has 0 radical (unpaired) electrons. The third-order valence-corrected chi connectivity index (χ3v) is 3.69. The van der Waals surface area contributed by atoms with E-state index in [1.165, 1.54) is 0 Å². The van der Waals surface area contributed by atoms with Crippen molar-refractivity contribution in [3.8, 4) is 0 Å². The minimum atomic E-state index is -0.0957. The van der Waals surface area contributed by atoms with Gasteiger partial charge in [0, 0.05) is 38.9 Å². The molecule has 1 aromatic rings. The molecule has 1 saturated heterocycles. The number of ether oxygens (including phenoxy) is 1. The van der Waals surface area contributed by atoms with Gasteiger partial charge in [-0.1, -0.05) is 19.4 Å². The lowest BCUT2D eigenvalue weighted by molar-refractivity contribution is -0.145. The van der Waals surface area contributed by atoms with Crippen molar-refractivity contribution < 1.29 is 9.53 Å². The molecule has 1 fully saturated rings. The molecule has 0 aliphatic carbocycles. The molecule has 1 aromatic heterocycles. The van der Waals surface area contributed by atoms with Gasteiger partial charge in [-0.2, -0.15) is 0 Å². The van der Waals surface area contributed by atoms with Crippen LogP contribution in [0.3, 0.4) is 0 Å². The SMILES string of the molecule is CCCCOC(=O)CN1CCN(Cc2ccccn2)CC1. The normalized spacial score (nSPS) is 16.8. The minimum absolute atomic E-state index is 0.0957. The summed E-state index contributed by atoms with van der Waals surface area (Å²) in [5.74, 6) is -0.0957. The standard InChI is InChI=1S/C16H25N3O2/c1-2-3-12-21-16(20)14-19-10-8-18(9-11-19)13-15-6-4-5-7-17-15/h4-7H,2-3,8-14H2,1H3. The number of piperazine rings is 1. The van der Waals surface area contributed by atoms with Crippen LogP contribution in [-0.2, 0) is 16.1 Å². The Balaban J connectivity index is 1.65. The van der Waals surface area contributed by atoms with Gasteiger partial charge in [0.15, 0.2) is 0 Å². The molecule has 0 aromatic carbocycles. The van der Waals surface area contributed by atoms with Crippen LogP contribution >= 0.6 is 0 Å². The average molecular weight is 291 g/mol. The highest BCUT2D eigenvalue weighted by molar-refractivity contribution is 5.71. The zero-order valence-corrected chi connectivity index (χ0v) is 12.8. The van der Waals surface area contributed by atoms with Crippen LogP contribution in [0.15, 0.2) is 24.4 Å². The summed E-state index contributed by atoms with van der Waals surface area (Å²) in [6, 6.07) is 6.01. The van der Waals surface area contributed by atoms with Crippen molar-refractivity contribution >= 4 is 5.97 Å². The van der Waals surface area contributed by atoms with E-state index in [0.29, 0.717) is 13.2 Å². The number of carbonyl (C=O) groups is 1. The topological polar surface area (TPSA) is 45.7 Å². The molecule has 116 valence electrons. The maximum Gasteiger partial charge on any atom is 0.320 e. The summed E-state index contributed by atoms with van der Waals surface area (Å²) >= 11 is 0. The number of pyridine rings is 1. The number of aromatic nitrogens is 1. The summed E-state index contributed by atoms with van der Waals surface area (Å²) in [6.45, 7) is 7.71. The molecule has 0 saturated carbocycles. The van der Waals surface area contributed by atoms with Crippen LogP contribution in [0.1, 0.15) is 25.5 Å². The van der Waals surface area contributed by atoms with E-state index >= 15 is 0 Å². The smallest absolute Gasteiger partial charge is 0.320 e. The van der Waals surface area contributed by atoms with Gasteiger partial charge in [-0.15, -0.1) is 0 Å². The third kappa shape index (κ3) is 5.81. The predicted octanol–water partition coefficient (Wildman–Crippen LogP) is 1.54. The zero-order chi connectivity index (χ0) is 14.9. The van der Waals surface area contributed by atoms with E-state index < -0.39 is 0 Å². The van der Waals surface area contributed by atoms with Crippen molar-refractivity contribution in [1.29, 1.82) is 0 Å². The van der Waals surface area contributed by atoms with E-state index in [2.05, 4.69) is 27.8 Å². The maximum atomic E-state index is 11.7. The monoisotopic (exact) mass is 291 g/mol. The Morgan fingerprint density at radius 3 is 2.67 bits per heavy atom. The maximum absolute atomic E-state index is 11.7. The van der Waals surface area contributed by atoms with E-state index in [4.69, 9.17) is 4.74 Å². The van der Waals surface area contributed by atoms with E-state index in [1.807, 2.05) is 18.3 Å². The molecular formula is C16H25N3O2. The molecule has 1 aliphatic heterocycles. The Kier molecular flexibility index (Phi) is 6.63. The third-order valence-electron chi connectivity index (χ3n) is 3.69. The minimum Gasteiger partial charge on any atom is -0.465 e. The van der Waals surface area contributed by atoms with Crippen molar-refractivity contribution in [3.63, 3.8) is 0 Å². The molecular weight excluding hydrogens is 266 g/mol. The first-order valence-electron chi connectivity index (χ1n) is 7.78. The van der Waals surface area contributed by atoms with Crippen LogP contribution in [0, 0.1) is 0 Å². The molecule has 0 unspecified atom stereocenters. The molecule has 0 N–H and O–H groups in total. The van der Waals surface area contributed by atoms with Gasteiger partial charge in [0.2, 0.25) is 0 Å². The highest BCUT2D eigenvalue weighted by Gasteiger charge is 2.19. The molecule has 0 spiro atoms. The molecule has 5 nitrogen and oxygen atoms in total. The summed E-state index contributed by atoms with van der Waals surface area (Å²) in [4.78, 5) is 20.6. The lowest BCUT2D eigenvalue weighted by Crippen LogP contribution is -2.47. The largest absolute Gasteiger partial charge is 0.465 e. The van der Waals surface area contributed by atoms with E-state index in [9.17, 15) is 4.79 Å². The van der Waals surface area contributed by atoms with Crippen LogP contribution in [0.2, 0.25) is 0 Å². The molecule has 0 atom stereocenters. The first-order chi connectivity index (χ1) is 10.3. The lowest BCUT2D eigenvalue weighted by atomic mass is 10.2. The van der Waals surface area contributed by atoms with Gasteiger partial charge in [0.25, 0.3) is 0 Å². The quantitative estimate of drug-likeness (QED) is 0.563. The first-order valence-corrected chi connectivity index (χ1v) is 7.78. The molecule has 21 heavy (non-hydrogen) atoms. The number of rotatable bonds is 7. The molecule has 0 amide bonds. The van der Waals surface area contributed by atoms with Crippen molar-refractivity contribution in [1.82, 2.24) is 14.8 Å². The summed E-state index contributed by atoms with van der Waals surface area (Å²) < 4.78 is 5.20. The second kappa shape index (κ2) is 8.74. The van der Waals surface area contributed by atoms with Crippen LogP contribution in [-0.4, -0.2) is 60.1 Å². The Morgan fingerprint density at radius 2 is 2.00 bits per heavy atom. The number of hydrogen-bond acceptors (Lipinski definition) is 5. The molecule has 1 aliphatic rings. The van der Waals surface area contributed by atoms with Gasteiger partial charge < -0.3 is 4.74 Å². The number of carbonyl (C=O) groups excluding carboxylic acids is 1. The molecule has 2 heterocycles. The number of unbranched alkanes of at least 4 members (excludes halogenated alkanes) is 1. The van der Waals surface area contributed by atoms with Gasteiger partial charge in [-0.3, -0.25) is 19.6 Å². The first kappa shape index (κ1) is 15.9. The Hall–Kier alpha value is -1.46. The second-order valence-electron chi connectivity index (χ2n) is 5.45.